The molecule has 1 aromatic carbocycles. The average molecular weight is 308 g/mol. The predicted molar refractivity (Wildman–Crippen MR) is 76.7 cm³/mol. The maximum absolute atomic E-state index is 5.28. The summed E-state index contributed by atoms with van der Waals surface area (Å²) >= 11 is 3.48. The molecule has 0 radical (unpaired) electrons. The number of rotatable bonds is 3. The van der Waals surface area contributed by atoms with Crippen LogP contribution in [0.1, 0.15) is 11.1 Å². The van der Waals surface area contributed by atoms with Gasteiger partial charge in [-0.1, -0.05) is 15.9 Å². The molecule has 0 aliphatic carbocycles. The van der Waals surface area contributed by atoms with Gasteiger partial charge in [-0.15, -0.1) is 0 Å². The first kappa shape index (κ1) is 12.8. The summed E-state index contributed by atoms with van der Waals surface area (Å²) in [6.45, 7) is 4.09. The monoisotopic (exact) mass is 307 g/mol. The zero-order valence-corrected chi connectivity index (χ0v) is 11.7. The van der Waals surface area contributed by atoms with E-state index in [1.807, 2.05) is 13.8 Å². The number of anilines is 3. The molecule has 0 aliphatic rings. The highest BCUT2D eigenvalue weighted by Crippen LogP contribution is 2.27. The first-order chi connectivity index (χ1) is 8.60. The van der Waals surface area contributed by atoms with Crippen molar-refractivity contribution in [2.45, 2.75) is 13.8 Å². The summed E-state index contributed by atoms with van der Waals surface area (Å²) in [5, 5.41) is 3.27. The molecular formula is C12H14BrN5. The van der Waals surface area contributed by atoms with Gasteiger partial charge in [-0.05, 0) is 43.2 Å². The molecule has 5 nitrogen and oxygen atoms in total. The lowest BCUT2D eigenvalue weighted by Gasteiger charge is -2.13. The zero-order valence-electron chi connectivity index (χ0n) is 10.2. The SMILES string of the molecule is Cc1cc(Br)cc(C)c1Nc1ccnc(NN)n1. The second kappa shape index (κ2) is 5.32. The van der Waals surface area contributed by atoms with Gasteiger partial charge >= 0.3 is 0 Å². The Morgan fingerprint density at radius 1 is 1.22 bits per heavy atom. The predicted octanol–water partition coefficient (Wildman–Crippen LogP) is 2.89. The number of aryl methyl sites for hydroxylation is 2. The van der Waals surface area contributed by atoms with Crippen molar-refractivity contribution in [3.63, 3.8) is 0 Å². The van der Waals surface area contributed by atoms with Crippen LogP contribution in [0.5, 0.6) is 0 Å². The summed E-state index contributed by atoms with van der Waals surface area (Å²) in [5.41, 5.74) is 5.75. The van der Waals surface area contributed by atoms with E-state index in [0.717, 1.165) is 21.3 Å². The van der Waals surface area contributed by atoms with E-state index in [4.69, 9.17) is 5.84 Å². The van der Waals surface area contributed by atoms with Gasteiger partial charge in [-0.3, -0.25) is 5.43 Å². The van der Waals surface area contributed by atoms with Gasteiger partial charge in [0.25, 0.3) is 0 Å². The minimum atomic E-state index is 0.382. The highest BCUT2D eigenvalue weighted by atomic mass is 79.9. The minimum Gasteiger partial charge on any atom is -0.340 e. The summed E-state index contributed by atoms with van der Waals surface area (Å²) in [4.78, 5) is 8.18. The molecule has 0 fully saturated rings. The molecule has 0 amide bonds. The Balaban J connectivity index is 2.33. The van der Waals surface area contributed by atoms with E-state index in [2.05, 4.69) is 48.8 Å². The summed E-state index contributed by atoms with van der Waals surface area (Å²) in [6.07, 6.45) is 1.65. The van der Waals surface area contributed by atoms with Crippen LogP contribution in [0.4, 0.5) is 17.5 Å². The van der Waals surface area contributed by atoms with E-state index in [1.165, 1.54) is 0 Å². The van der Waals surface area contributed by atoms with Gasteiger partial charge in [0.2, 0.25) is 5.95 Å². The largest absolute Gasteiger partial charge is 0.340 e. The van der Waals surface area contributed by atoms with Gasteiger partial charge in [0.05, 0.1) is 0 Å². The molecule has 1 aromatic heterocycles. The van der Waals surface area contributed by atoms with Gasteiger partial charge in [-0.25, -0.2) is 10.8 Å². The van der Waals surface area contributed by atoms with Crippen LogP contribution >= 0.6 is 15.9 Å². The summed E-state index contributed by atoms with van der Waals surface area (Å²) in [6, 6.07) is 5.90. The van der Waals surface area contributed by atoms with E-state index in [-0.39, 0.29) is 0 Å². The molecule has 18 heavy (non-hydrogen) atoms. The summed E-state index contributed by atoms with van der Waals surface area (Å²) < 4.78 is 1.06. The number of halogens is 1. The third kappa shape index (κ3) is 2.77. The van der Waals surface area contributed by atoms with Crippen LogP contribution in [-0.2, 0) is 0 Å². The van der Waals surface area contributed by atoms with E-state index < -0.39 is 0 Å². The van der Waals surface area contributed by atoms with Crippen molar-refractivity contribution < 1.29 is 0 Å². The number of nitrogens with two attached hydrogens (primary N) is 1. The number of benzene rings is 1. The van der Waals surface area contributed by atoms with Gasteiger partial charge in [-0.2, -0.15) is 4.98 Å². The number of hydrazine groups is 1. The van der Waals surface area contributed by atoms with Crippen molar-refractivity contribution in [2.75, 3.05) is 10.7 Å². The van der Waals surface area contributed by atoms with Gasteiger partial charge in [0.15, 0.2) is 0 Å². The first-order valence-corrected chi connectivity index (χ1v) is 6.23. The fraction of sp³-hybridized carbons (Fsp3) is 0.167. The van der Waals surface area contributed by atoms with E-state index in [0.29, 0.717) is 11.8 Å². The fourth-order valence-corrected chi connectivity index (χ4v) is 2.42. The lowest BCUT2D eigenvalue weighted by atomic mass is 10.1. The van der Waals surface area contributed by atoms with Crippen molar-refractivity contribution >= 4 is 33.4 Å². The van der Waals surface area contributed by atoms with Crippen molar-refractivity contribution in [2.24, 2.45) is 5.84 Å². The quantitative estimate of drug-likeness (QED) is 0.600. The third-order valence-corrected chi connectivity index (χ3v) is 2.99. The number of nitrogens with zero attached hydrogens (tertiary/aromatic N) is 2. The van der Waals surface area contributed by atoms with Crippen molar-refractivity contribution in [3.8, 4) is 0 Å². The minimum absolute atomic E-state index is 0.382. The van der Waals surface area contributed by atoms with Gasteiger partial charge < -0.3 is 5.32 Å². The zero-order chi connectivity index (χ0) is 13.1. The average Bonchev–Trinajstić information content (AvgIpc) is 2.34. The molecule has 0 unspecified atom stereocenters. The smallest absolute Gasteiger partial charge is 0.239 e. The highest BCUT2D eigenvalue weighted by molar-refractivity contribution is 9.10. The number of hydrogen-bond donors (Lipinski definition) is 3. The Kier molecular flexibility index (Phi) is 3.78. The summed E-state index contributed by atoms with van der Waals surface area (Å²) in [5.74, 6) is 6.37. The van der Waals surface area contributed by atoms with Crippen LogP contribution in [0.3, 0.4) is 0 Å². The molecule has 1 heterocycles. The van der Waals surface area contributed by atoms with E-state index in [1.54, 1.807) is 12.3 Å². The van der Waals surface area contributed by atoms with Gasteiger partial charge in [0.1, 0.15) is 5.82 Å². The molecule has 2 aromatic rings. The van der Waals surface area contributed by atoms with Crippen molar-refractivity contribution in [3.05, 3.63) is 40.0 Å². The highest BCUT2D eigenvalue weighted by Gasteiger charge is 2.06. The maximum atomic E-state index is 5.28. The molecule has 0 saturated carbocycles. The summed E-state index contributed by atoms with van der Waals surface area (Å²) in [7, 11) is 0. The Bertz CT molecular complexity index is 547. The fourth-order valence-electron chi connectivity index (χ4n) is 1.73. The Morgan fingerprint density at radius 3 is 2.50 bits per heavy atom. The van der Waals surface area contributed by atoms with Crippen LogP contribution in [0.15, 0.2) is 28.9 Å². The van der Waals surface area contributed by atoms with Crippen molar-refractivity contribution in [1.29, 1.82) is 0 Å². The number of aromatic nitrogens is 2. The molecule has 0 atom stereocenters. The number of nitrogens with one attached hydrogen (secondary N) is 2. The molecule has 6 heteroatoms. The second-order valence-electron chi connectivity index (χ2n) is 3.95. The molecule has 94 valence electrons. The van der Waals surface area contributed by atoms with E-state index in [9.17, 15) is 0 Å². The normalized spacial score (nSPS) is 10.2. The molecule has 0 saturated heterocycles. The Labute approximate surface area is 114 Å². The molecular weight excluding hydrogens is 294 g/mol. The third-order valence-electron chi connectivity index (χ3n) is 2.54. The standard InChI is InChI=1S/C12H14BrN5/c1-7-5-9(13)6-8(2)11(7)16-10-3-4-15-12(17-10)18-14/h3-6H,14H2,1-2H3,(H2,15,16,17,18). The lowest BCUT2D eigenvalue weighted by Crippen LogP contribution is -2.11. The van der Waals surface area contributed by atoms with Crippen LogP contribution < -0.4 is 16.6 Å². The Hall–Kier alpha value is -1.66. The Morgan fingerprint density at radius 2 is 1.89 bits per heavy atom. The van der Waals surface area contributed by atoms with Crippen LogP contribution in [-0.4, -0.2) is 9.97 Å². The molecule has 0 spiro atoms. The molecule has 0 aliphatic heterocycles. The number of hydrogen-bond acceptors (Lipinski definition) is 5. The van der Waals surface area contributed by atoms with Crippen molar-refractivity contribution in [1.82, 2.24) is 9.97 Å². The first-order valence-electron chi connectivity index (χ1n) is 5.43. The van der Waals surface area contributed by atoms with Gasteiger partial charge in [0, 0.05) is 16.4 Å². The van der Waals surface area contributed by atoms with E-state index >= 15 is 0 Å². The number of nitrogen functional groups attached to an aromatic ring is 1. The molecule has 2 rings (SSSR count). The van der Waals surface area contributed by atoms with Crippen LogP contribution in [0.2, 0.25) is 0 Å². The molecule has 4 N–H and O–H groups in total. The van der Waals surface area contributed by atoms with Crippen LogP contribution in [0.25, 0.3) is 0 Å². The lowest BCUT2D eigenvalue weighted by molar-refractivity contribution is 1.12. The maximum Gasteiger partial charge on any atom is 0.239 e. The second-order valence-corrected chi connectivity index (χ2v) is 4.87. The molecule has 0 bridgehead atoms. The van der Waals surface area contributed by atoms with Crippen LogP contribution in [0, 0.1) is 13.8 Å². The topological polar surface area (TPSA) is 75.9 Å².